The van der Waals surface area contributed by atoms with Crippen molar-refractivity contribution in [2.75, 3.05) is 13.2 Å². The van der Waals surface area contributed by atoms with Crippen LogP contribution in [-0.2, 0) is 26.9 Å². The van der Waals surface area contributed by atoms with Crippen LogP contribution >= 0.6 is 0 Å². The average molecular weight is 377 g/mol. The summed E-state index contributed by atoms with van der Waals surface area (Å²) >= 11 is 0. The Morgan fingerprint density at radius 3 is 2.48 bits per heavy atom. The van der Waals surface area contributed by atoms with E-state index in [0.717, 1.165) is 23.8 Å². The molecule has 0 fully saturated rings. The van der Waals surface area contributed by atoms with Crippen molar-refractivity contribution in [3.05, 3.63) is 77.4 Å². The quantitative estimate of drug-likeness (QED) is 0.592. The fourth-order valence-electron chi connectivity index (χ4n) is 2.21. The van der Waals surface area contributed by atoms with E-state index in [1.165, 1.54) is 18.2 Å². The van der Waals surface area contributed by atoms with E-state index in [1.54, 1.807) is 0 Å². The van der Waals surface area contributed by atoms with Crippen molar-refractivity contribution in [1.29, 1.82) is 0 Å². The maximum atomic E-state index is 12.6. The zero-order valence-electron chi connectivity index (χ0n) is 14.3. The minimum atomic E-state index is -4.46. The fraction of sp³-hybridized carbons (Fsp3) is 0.200. The first kappa shape index (κ1) is 20.2. The number of carbonyl (C=O) groups is 2. The van der Waals surface area contributed by atoms with Crippen LogP contribution in [0.15, 0.2) is 60.7 Å². The molecule has 1 amide bonds. The average Bonchev–Trinajstić information content (AvgIpc) is 2.65. The third-order valence-electron chi connectivity index (χ3n) is 3.55. The van der Waals surface area contributed by atoms with Crippen LogP contribution < -0.4 is 5.32 Å². The van der Waals surface area contributed by atoms with Gasteiger partial charge in [0.05, 0.1) is 5.56 Å². The van der Waals surface area contributed by atoms with Crippen LogP contribution in [0, 0.1) is 0 Å². The number of carbonyl (C=O) groups excluding carboxylic acids is 2. The molecule has 0 heterocycles. The second-order valence-corrected chi connectivity index (χ2v) is 5.65. The highest BCUT2D eigenvalue weighted by Gasteiger charge is 2.30. The lowest BCUT2D eigenvalue weighted by atomic mass is 10.1. The molecule has 0 atom stereocenters. The molecule has 142 valence electrons. The van der Waals surface area contributed by atoms with Gasteiger partial charge in [-0.15, -0.1) is 0 Å². The number of benzene rings is 2. The SMILES string of the molecule is O=C(COC(=O)/C=C/c1cccc(C(F)(F)F)c1)NCCc1ccccc1. The zero-order chi connectivity index (χ0) is 19.7. The molecule has 0 bridgehead atoms. The number of hydrogen-bond acceptors (Lipinski definition) is 3. The molecule has 0 unspecified atom stereocenters. The van der Waals surface area contributed by atoms with Gasteiger partial charge in [-0.1, -0.05) is 42.5 Å². The number of alkyl halides is 3. The van der Waals surface area contributed by atoms with Gasteiger partial charge in [-0.2, -0.15) is 13.2 Å². The van der Waals surface area contributed by atoms with Crippen LogP contribution in [0.4, 0.5) is 13.2 Å². The molecule has 7 heteroatoms. The van der Waals surface area contributed by atoms with Crippen LogP contribution in [0.25, 0.3) is 6.08 Å². The highest BCUT2D eigenvalue weighted by molar-refractivity contribution is 5.89. The molecule has 0 aliphatic carbocycles. The molecule has 0 radical (unpaired) electrons. The molecule has 2 aromatic carbocycles. The Bertz CT molecular complexity index is 802. The maximum Gasteiger partial charge on any atom is 0.416 e. The summed E-state index contributed by atoms with van der Waals surface area (Å²) in [6, 6.07) is 14.1. The van der Waals surface area contributed by atoms with Crippen molar-refractivity contribution in [1.82, 2.24) is 5.32 Å². The summed E-state index contributed by atoms with van der Waals surface area (Å²) in [6.07, 6.45) is -1.63. The van der Waals surface area contributed by atoms with Gasteiger partial charge in [-0.3, -0.25) is 4.79 Å². The van der Waals surface area contributed by atoms with Gasteiger partial charge >= 0.3 is 12.1 Å². The molecule has 1 N–H and O–H groups in total. The number of esters is 1. The lowest BCUT2D eigenvalue weighted by Crippen LogP contribution is -2.30. The Hall–Kier alpha value is -3.09. The van der Waals surface area contributed by atoms with Crippen molar-refractivity contribution in [3.63, 3.8) is 0 Å². The van der Waals surface area contributed by atoms with Gasteiger partial charge in [0.2, 0.25) is 0 Å². The smallest absolute Gasteiger partial charge is 0.416 e. The second kappa shape index (κ2) is 9.56. The first-order valence-electron chi connectivity index (χ1n) is 8.17. The Morgan fingerprint density at radius 2 is 1.78 bits per heavy atom. The van der Waals surface area contributed by atoms with E-state index < -0.39 is 30.2 Å². The highest BCUT2D eigenvalue weighted by Crippen LogP contribution is 2.29. The lowest BCUT2D eigenvalue weighted by Gasteiger charge is -2.07. The lowest BCUT2D eigenvalue weighted by molar-refractivity contribution is -0.143. The minimum absolute atomic E-state index is 0.203. The van der Waals surface area contributed by atoms with Crippen LogP contribution in [0.5, 0.6) is 0 Å². The van der Waals surface area contributed by atoms with Gasteiger partial charge in [0, 0.05) is 12.6 Å². The second-order valence-electron chi connectivity index (χ2n) is 5.65. The monoisotopic (exact) mass is 377 g/mol. The van der Waals surface area contributed by atoms with Gasteiger partial charge < -0.3 is 10.1 Å². The van der Waals surface area contributed by atoms with E-state index >= 15 is 0 Å². The van der Waals surface area contributed by atoms with E-state index in [9.17, 15) is 22.8 Å². The first-order valence-corrected chi connectivity index (χ1v) is 8.17. The van der Waals surface area contributed by atoms with E-state index in [0.29, 0.717) is 13.0 Å². The third-order valence-corrected chi connectivity index (χ3v) is 3.55. The molecule has 2 rings (SSSR count). The normalized spacial score (nSPS) is 11.4. The molecule has 0 aliphatic heterocycles. The number of rotatable bonds is 7. The van der Waals surface area contributed by atoms with Crippen LogP contribution in [-0.4, -0.2) is 25.0 Å². The fourth-order valence-corrected chi connectivity index (χ4v) is 2.21. The largest absolute Gasteiger partial charge is 0.452 e. The molecule has 0 aliphatic rings. The number of hydrogen-bond donors (Lipinski definition) is 1. The van der Waals surface area contributed by atoms with Crippen molar-refractivity contribution in [2.24, 2.45) is 0 Å². The Kier molecular flexibility index (Phi) is 7.16. The van der Waals surface area contributed by atoms with Gasteiger partial charge in [-0.05, 0) is 35.8 Å². The molecular formula is C20H18F3NO3. The van der Waals surface area contributed by atoms with Gasteiger partial charge in [0.1, 0.15) is 0 Å². The first-order chi connectivity index (χ1) is 12.8. The Labute approximate surface area is 154 Å². The summed E-state index contributed by atoms with van der Waals surface area (Å²) in [4.78, 5) is 23.2. The minimum Gasteiger partial charge on any atom is -0.452 e. The van der Waals surface area contributed by atoms with Gasteiger partial charge in [-0.25, -0.2) is 4.79 Å². The summed E-state index contributed by atoms with van der Waals surface area (Å²) in [5, 5.41) is 2.62. The molecule has 0 saturated carbocycles. The number of halogens is 3. The third kappa shape index (κ3) is 7.35. The van der Waals surface area contributed by atoms with E-state index in [4.69, 9.17) is 4.74 Å². The number of nitrogens with one attached hydrogen (secondary N) is 1. The van der Waals surface area contributed by atoms with Crippen molar-refractivity contribution in [3.8, 4) is 0 Å². The zero-order valence-corrected chi connectivity index (χ0v) is 14.3. The Morgan fingerprint density at radius 1 is 1.04 bits per heavy atom. The standard InChI is InChI=1S/C20H18F3NO3/c21-20(22,23)17-8-4-7-16(13-17)9-10-19(26)27-14-18(25)24-12-11-15-5-2-1-3-6-15/h1-10,13H,11-12,14H2,(H,24,25)/b10-9+. The maximum absolute atomic E-state index is 12.6. The molecule has 0 aromatic heterocycles. The summed E-state index contributed by atoms with van der Waals surface area (Å²) < 4.78 is 42.6. The molecular weight excluding hydrogens is 359 g/mol. The summed E-state index contributed by atoms with van der Waals surface area (Å²) in [7, 11) is 0. The van der Waals surface area contributed by atoms with Gasteiger partial charge in [0.15, 0.2) is 6.61 Å². The summed E-state index contributed by atoms with van der Waals surface area (Å²) in [6.45, 7) is -0.0545. The number of ether oxygens (including phenoxy) is 1. The van der Waals surface area contributed by atoms with E-state index in [-0.39, 0.29) is 5.56 Å². The topological polar surface area (TPSA) is 55.4 Å². The van der Waals surface area contributed by atoms with Crippen molar-refractivity contribution >= 4 is 18.0 Å². The highest BCUT2D eigenvalue weighted by atomic mass is 19.4. The summed E-state index contributed by atoms with van der Waals surface area (Å²) in [5.74, 6) is -1.27. The van der Waals surface area contributed by atoms with Crippen molar-refractivity contribution < 1.29 is 27.5 Å². The Balaban J connectivity index is 1.74. The van der Waals surface area contributed by atoms with Crippen LogP contribution in [0.1, 0.15) is 16.7 Å². The predicted molar refractivity (Wildman–Crippen MR) is 94.6 cm³/mol. The van der Waals surface area contributed by atoms with E-state index in [1.807, 2.05) is 30.3 Å². The molecule has 0 spiro atoms. The van der Waals surface area contributed by atoms with Crippen LogP contribution in [0.2, 0.25) is 0 Å². The predicted octanol–water partition coefficient (Wildman–Crippen LogP) is 3.62. The molecule has 2 aromatic rings. The van der Waals surface area contributed by atoms with Gasteiger partial charge in [0.25, 0.3) is 5.91 Å². The molecule has 27 heavy (non-hydrogen) atoms. The van der Waals surface area contributed by atoms with Crippen molar-refractivity contribution in [2.45, 2.75) is 12.6 Å². The number of amides is 1. The molecule has 0 saturated heterocycles. The van der Waals surface area contributed by atoms with E-state index in [2.05, 4.69) is 5.32 Å². The molecule has 4 nitrogen and oxygen atoms in total. The van der Waals surface area contributed by atoms with Crippen LogP contribution in [0.3, 0.4) is 0 Å². The summed E-state index contributed by atoms with van der Waals surface area (Å²) in [5.41, 5.74) is 0.462.